The molecule has 1 fully saturated rings. The minimum Gasteiger partial charge on any atom is -0.369 e. The van der Waals surface area contributed by atoms with Gasteiger partial charge in [-0.15, -0.1) is 0 Å². The minimum absolute atomic E-state index is 0.142. The molecule has 0 spiro atoms. The van der Waals surface area contributed by atoms with Crippen LogP contribution >= 0.6 is 0 Å². The first kappa shape index (κ1) is 15.0. The van der Waals surface area contributed by atoms with Crippen LogP contribution in [0.1, 0.15) is 23.6 Å². The lowest BCUT2D eigenvalue weighted by atomic mass is 10.0. The van der Waals surface area contributed by atoms with Crippen molar-refractivity contribution in [3.8, 4) is 6.07 Å². The van der Waals surface area contributed by atoms with Gasteiger partial charge in [0.25, 0.3) is 5.56 Å². The number of pyridine rings is 1. The van der Waals surface area contributed by atoms with Gasteiger partial charge in [0.2, 0.25) is 5.95 Å². The number of H-pyrrole nitrogens is 1. The molecule has 2 aromatic rings. The summed E-state index contributed by atoms with van der Waals surface area (Å²) in [6, 6.07) is 5.49. The number of hydrogen-bond acceptors (Lipinski definition) is 6. The highest BCUT2D eigenvalue weighted by atomic mass is 16.1. The highest BCUT2D eigenvalue weighted by Gasteiger charge is 2.27. The van der Waals surface area contributed by atoms with E-state index in [1.165, 1.54) is 0 Å². The molecule has 2 aromatic heterocycles. The van der Waals surface area contributed by atoms with Crippen molar-refractivity contribution in [1.29, 1.82) is 5.26 Å². The van der Waals surface area contributed by atoms with Crippen LogP contribution in [0.2, 0.25) is 0 Å². The normalized spacial score (nSPS) is 17.1. The predicted octanol–water partition coefficient (Wildman–Crippen LogP) is 1.10. The zero-order chi connectivity index (χ0) is 16.4. The summed E-state index contributed by atoms with van der Waals surface area (Å²) in [5, 5.41) is 9.23. The van der Waals surface area contributed by atoms with Gasteiger partial charge in [-0.1, -0.05) is 0 Å². The van der Waals surface area contributed by atoms with Crippen molar-refractivity contribution in [1.82, 2.24) is 15.0 Å². The molecule has 0 bridgehead atoms. The second-order valence-corrected chi connectivity index (χ2v) is 5.82. The van der Waals surface area contributed by atoms with E-state index in [0.29, 0.717) is 11.5 Å². The molecule has 23 heavy (non-hydrogen) atoms. The number of nitriles is 1. The lowest BCUT2D eigenvalue weighted by molar-refractivity contribution is 0.733. The van der Waals surface area contributed by atoms with E-state index < -0.39 is 0 Å². The van der Waals surface area contributed by atoms with Crippen molar-refractivity contribution in [2.45, 2.75) is 12.3 Å². The Morgan fingerprint density at radius 2 is 2.30 bits per heavy atom. The highest BCUT2D eigenvalue weighted by Crippen LogP contribution is 2.31. The molecule has 0 aromatic carbocycles. The van der Waals surface area contributed by atoms with Crippen molar-refractivity contribution >= 4 is 11.6 Å². The molecule has 0 aliphatic carbocycles. The van der Waals surface area contributed by atoms with Crippen molar-refractivity contribution < 1.29 is 0 Å². The van der Waals surface area contributed by atoms with Gasteiger partial charge in [-0.05, 0) is 12.5 Å². The van der Waals surface area contributed by atoms with Crippen LogP contribution in [0.15, 0.2) is 29.3 Å². The molecule has 3 rings (SSSR count). The number of anilines is 2. The first-order valence-corrected chi connectivity index (χ1v) is 7.46. The number of aromatic amines is 1. The molecule has 1 N–H and O–H groups in total. The van der Waals surface area contributed by atoms with Crippen LogP contribution in [0, 0.1) is 11.3 Å². The van der Waals surface area contributed by atoms with Gasteiger partial charge in [0, 0.05) is 45.4 Å². The minimum atomic E-state index is -0.142. The Morgan fingerprint density at radius 1 is 1.48 bits per heavy atom. The molecule has 7 heteroatoms. The maximum atomic E-state index is 11.8. The molecule has 7 nitrogen and oxygen atoms in total. The van der Waals surface area contributed by atoms with Crippen molar-refractivity contribution in [2.75, 3.05) is 37.0 Å². The van der Waals surface area contributed by atoms with Gasteiger partial charge in [-0.25, -0.2) is 4.98 Å². The maximum absolute atomic E-state index is 11.8. The summed E-state index contributed by atoms with van der Waals surface area (Å²) in [4.78, 5) is 27.1. The maximum Gasteiger partial charge on any atom is 0.252 e. The van der Waals surface area contributed by atoms with E-state index in [4.69, 9.17) is 0 Å². The smallest absolute Gasteiger partial charge is 0.252 e. The molecule has 0 saturated carbocycles. The first-order chi connectivity index (χ1) is 11.1. The summed E-state index contributed by atoms with van der Waals surface area (Å²) in [6.07, 6.45) is 4.23. The first-order valence-electron chi connectivity index (χ1n) is 7.46. The average molecular weight is 310 g/mol. The molecule has 3 heterocycles. The Balaban J connectivity index is 1.86. The summed E-state index contributed by atoms with van der Waals surface area (Å²) in [5.41, 5.74) is 2.11. The second kappa shape index (κ2) is 6.08. The van der Waals surface area contributed by atoms with E-state index in [1.54, 1.807) is 29.4 Å². The molecule has 1 aliphatic heterocycles. The topological polar surface area (TPSA) is 88.9 Å². The molecule has 1 unspecified atom stereocenters. The van der Waals surface area contributed by atoms with Crippen LogP contribution in [-0.2, 0) is 0 Å². The SMILES string of the molecule is CN(C)c1nc(C2CCN(c3cnccc3C#N)C2)cc(=O)[nH]1. The molecule has 1 aliphatic rings. The van der Waals surface area contributed by atoms with Crippen molar-refractivity contribution in [3.63, 3.8) is 0 Å². The van der Waals surface area contributed by atoms with Gasteiger partial charge in [-0.2, -0.15) is 5.26 Å². The fourth-order valence-corrected chi connectivity index (χ4v) is 2.84. The number of hydrogen-bond donors (Lipinski definition) is 1. The monoisotopic (exact) mass is 310 g/mol. The Labute approximate surface area is 134 Å². The van der Waals surface area contributed by atoms with E-state index in [2.05, 4.69) is 25.9 Å². The van der Waals surface area contributed by atoms with Gasteiger partial charge >= 0.3 is 0 Å². The Hall–Kier alpha value is -2.88. The number of nitrogens with zero attached hydrogens (tertiary/aromatic N) is 5. The largest absolute Gasteiger partial charge is 0.369 e. The fourth-order valence-electron chi connectivity index (χ4n) is 2.84. The standard InChI is InChI=1S/C16H18N6O/c1-21(2)16-19-13(7-15(23)20-16)12-4-6-22(10-12)14-9-18-5-3-11(14)8-17/h3,5,7,9,12H,4,6,10H2,1-2H3,(H,19,20,23). The van der Waals surface area contributed by atoms with Gasteiger partial charge in [-0.3, -0.25) is 14.8 Å². The van der Waals surface area contributed by atoms with Crippen LogP contribution < -0.4 is 15.4 Å². The third-order valence-electron chi connectivity index (χ3n) is 4.04. The van der Waals surface area contributed by atoms with E-state index in [1.807, 2.05) is 14.1 Å². The van der Waals surface area contributed by atoms with Gasteiger partial charge < -0.3 is 9.80 Å². The summed E-state index contributed by atoms with van der Waals surface area (Å²) < 4.78 is 0. The Bertz CT molecular complexity index is 807. The van der Waals surface area contributed by atoms with Crippen molar-refractivity contribution in [2.24, 2.45) is 0 Å². The van der Waals surface area contributed by atoms with E-state index in [0.717, 1.165) is 30.9 Å². The van der Waals surface area contributed by atoms with Gasteiger partial charge in [0.15, 0.2) is 0 Å². The number of rotatable bonds is 3. The van der Waals surface area contributed by atoms with E-state index in [-0.39, 0.29) is 11.5 Å². The Morgan fingerprint density at radius 3 is 3.04 bits per heavy atom. The molecular formula is C16H18N6O. The number of nitrogens with one attached hydrogen (secondary N) is 1. The molecule has 0 radical (unpaired) electrons. The van der Waals surface area contributed by atoms with Gasteiger partial charge in [0.1, 0.15) is 6.07 Å². The van der Waals surface area contributed by atoms with Gasteiger partial charge in [0.05, 0.1) is 23.1 Å². The molecule has 1 atom stereocenters. The van der Waals surface area contributed by atoms with E-state index in [9.17, 15) is 10.1 Å². The van der Waals surface area contributed by atoms with E-state index >= 15 is 0 Å². The fraction of sp³-hybridized carbons (Fsp3) is 0.375. The predicted molar refractivity (Wildman–Crippen MR) is 87.7 cm³/mol. The zero-order valence-electron chi connectivity index (χ0n) is 13.2. The lowest BCUT2D eigenvalue weighted by Gasteiger charge is -2.19. The highest BCUT2D eigenvalue weighted by molar-refractivity contribution is 5.58. The Kier molecular flexibility index (Phi) is 3.98. The summed E-state index contributed by atoms with van der Waals surface area (Å²) in [7, 11) is 3.69. The number of aromatic nitrogens is 3. The molecular weight excluding hydrogens is 292 g/mol. The zero-order valence-corrected chi connectivity index (χ0v) is 13.2. The van der Waals surface area contributed by atoms with Crippen LogP contribution in [0.4, 0.5) is 11.6 Å². The van der Waals surface area contributed by atoms with Crippen molar-refractivity contribution in [3.05, 3.63) is 46.1 Å². The van der Waals surface area contributed by atoms with Crippen LogP contribution in [0.3, 0.4) is 0 Å². The molecule has 118 valence electrons. The third-order valence-corrected chi connectivity index (χ3v) is 4.04. The molecule has 1 saturated heterocycles. The second-order valence-electron chi connectivity index (χ2n) is 5.82. The average Bonchev–Trinajstić information content (AvgIpc) is 3.04. The van der Waals surface area contributed by atoms with Crippen LogP contribution in [0.25, 0.3) is 0 Å². The summed E-state index contributed by atoms with van der Waals surface area (Å²) >= 11 is 0. The van der Waals surface area contributed by atoms with Crippen LogP contribution in [0.5, 0.6) is 0 Å². The summed E-state index contributed by atoms with van der Waals surface area (Å²) in [5.74, 6) is 0.729. The summed E-state index contributed by atoms with van der Waals surface area (Å²) in [6.45, 7) is 1.54. The third kappa shape index (κ3) is 3.01. The molecule has 0 amide bonds. The lowest BCUT2D eigenvalue weighted by Crippen LogP contribution is -2.23. The van der Waals surface area contributed by atoms with Crippen LogP contribution in [-0.4, -0.2) is 42.1 Å². The quantitative estimate of drug-likeness (QED) is 0.913.